The molecule has 0 spiro atoms. The topological polar surface area (TPSA) is 96.3 Å². The molecule has 1 heterocycles. The number of aryl methyl sites for hydroxylation is 1. The summed E-state index contributed by atoms with van der Waals surface area (Å²) in [5, 5.41) is 21.2. The molecule has 1 aliphatic rings. The van der Waals surface area contributed by atoms with E-state index in [0.29, 0.717) is 22.7 Å². The molecule has 0 bridgehead atoms. The zero-order chi connectivity index (χ0) is 24.6. The van der Waals surface area contributed by atoms with Crippen LogP contribution >= 0.6 is 0 Å². The van der Waals surface area contributed by atoms with Crippen molar-refractivity contribution >= 4 is 23.1 Å². The van der Waals surface area contributed by atoms with Gasteiger partial charge < -0.3 is 19.7 Å². The number of hydrogen-bond donors (Lipinski definition) is 2. The third-order valence-corrected chi connectivity index (χ3v) is 6.15. The Morgan fingerprint density at radius 1 is 0.941 bits per heavy atom. The molecule has 1 aliphatic heterocycles. The van der Waals surface area contributed by atoms with Crippen molar-refractivity contribution in [2.24, 2.45) is 0 Å². The monoisotopic (exact) mass is 459 g/mol. The molecule has 7 heteroatoms. The molecule has 1 unspecified atom stereocenters. The van der Waals surface area contributed by atoms with E-state index < -0.39 is 17.7 Å². The lowest BCUT2D eigenvalue weighted by molar-refractivity contribution is -0.132. The number of rotatable bonds is 5. The van der Waals surface area contributed by atoms with Gasteiger partial charge in [0.25, 0.3) is 11.7 Å². The second kappa shape index (κ2) is 8.94. The minimum atomic E-state index is -0.919. The second-order valence-electron chi connectivity index (χ2n) is 8.05. The van der Waals surface area contributed by atoms with Crippen LogP contribution in [-0.4, -0.2) is 36.1 Å². The second-order valence-corrected chi connectivity index (χ2v) is 8.05. The van der Waals surface area contributed by atoms with Crippen LogP contribution in [0.25, 0.3) is 5.76 Å². The van der Waals surface area contributed by atoms with Gasteiger partial charge in [-0.25, -0.2) is 0 Å². The number of benzene rings is 3. The van der Waals surface area contributed by atoms with E-state index in [-0.39, 0.29) is 22.6 Å². The quantitative estimate of drug-likeness (QED) is 0.328. The highest BCUT2D eigenvalue weighted by Crippen LogP contribution is 2.45. The van der Waals surface area contributed by atoms with Crippen LogP contribution in [0, 0.1) is 13.8 Å². The number of nitrogens with zero attached hydrogens (tertiary/aromatic N) is 1. The Balaban J connectivity index is 2.01. The van der Waals surface area contributed by atoms with Crippen LogP contribution in [0.15, 0.2) is 66.2 Å². The van der Waals surface area contributed by atoms with E-state index in [1.807, 2.05) is 26.0 Å². The fraction of sp³-hybridized carbons (Fsp3) is 0.185. The molecule has 0 saturated carbocycles. The molecular weight excluding hydrogens is 434 g/mol. The zero-order valence-corrected chi connectivity index (χ0v) is 19.3. The van der Waals surface area contributed by atoms with Crippen molar-refractivity contribution in [2.45, 2.75) is 19.9 Å². The summed E-state index contributed by atoms with van der Waals surface area (Å²) in [4.78, 5) is 28.1. The molecule has 1 saturated heterocycles. The Bertz CT molecular complexity index is 1310. The highest BCUT2D eigenvalue weighted by molar-refractivity contribution is 6.51. The number of aliphatic hydroxyl groups excluding tert-OH is 1. The maximum absolute atomic E-state index is 13.4. The summed E-state index contributed by atoms with van der Waals surface area (Å²) in [5.74, 6) is -1.13. The van der Waals surface area contributed by atoms with E-state index in [2.05, 4.69) is 0 Å². The predicted octanol–water partition coefficient (Wildman–Crippen LogP) is 4.65. The average molecular weight is 459 g/mol. The smallest absolute Gasteiger partial charge is 0.300 e. The number of hydrogen-bond acceptors (Lipinski definition) is 6. The van der Waals surface area contributed by atoms with Gasteiger partial charge in [0.05, 0.1) is 31.4 Å². The molecule has 0 radical (unpaired) electrons. The van der Waals surface area contributed by atoms with Gasteiger partial charge >= 0.3 is 0 Å². The van der Waals surface area contributed by atoms with Crippen molar-refractivity contribution in [3.05, 3.63) is 88.5 Å². The number of phenols is 1. The van der Waals surface area contributed by atoms with Crippen molar-refractivity contribution in [1.82, 2.24) is 0 Å². The summed E-state index contributed by atoms with van der Waals surface area (Å²) >= 11 is 0. The minimum Gasteiger partial charge on any atom is -0.508 e. The van der Waals surface area contributed by atoms with Gasteiger partial charge in [0.15, 0.2) is 0 Å². The first kappa shape index (κ1) is 22.9. The van der Waals surface area contributed by atoms with Crippen molar-refractivity contribution in [3.63, 3.8) is 0 Å². The van der Waals surface area contributed by atoms with Crippen LogP contribution < -0.4 is 14.4 Å². The first-order valence-corrected chi connectivity index (χ1v) is 10.7. The van der Waals surface area contributed by atoms with Crippen LogP contribution in [0.2, 0.25) is 0 Å². The number of anilines is 1. The van der Waals surface area contributed by atoms with Gasteiger partial charge in [-0.05, 0) is 66.9 Å². The fourth-order valence-electron chi connectivity index (χ4n) is 4.19. The van der Waals surface area contributed by atoms with E-state index in [9.17, 15) is 19.8 Å². The summed E-state index contributed by atoms with van der Waals surface area (Å²) in [6.45, 7) is 3.80. The lowest BCUT2D eigenvalue weighted by Crippen LogP contribution is -2.30. The Morgan fingerprint density at radius 2 is 1.65 bits per heavy atom. The highest BCUT2D eigenvalue weighted by Gasteiger charge is 2.47. The molecule has 3 aromatic rings. The summed E-state index contributed by atoms with van der Waals surface area (Å²) in [6, 6.07) is 15.6. The van der Waals surface area contributed by atoms with Gasteiger partial charge in [-0.1, -0.05) is 24.3 Å². The number of aliphatic hydroxyl groups is 1. The first-order valence-electron chi connectivity index (χ1n) is 10.7. The average Bonchev–Trinajstić information content (AvgIpc) is 3.10. The van der Waals surface area contributed by atoms with Crippen molar-refractivity contribution in [2.75, 3.05) is 19.1 Å². The van der Waals surface area contributed by atoms with Crippen molar-refractivity contribution in [3.8, 4) is 17.2 Å². The van der Waals surface area contributed by atoms with E-state index in [0.717, 1.165) is 11.1 Å². The largest absolute Gasteiger partial charge is 0.508 e. The predicted molar refractivity (Wildman–Crippen MR) is 128 cm³/mol. The molecule has 7 nitrogen and oxygen atoms in total. The molecule has 1 amide bonds. The van der Waals surface area contributed by atoms with Crippen molar-refractivity contribution < 1.29 is 29.3 Å². The van der Waals surface area contributed by atoms with Gasteiger partial charge in [-0.15, -0.1) is 0 Å². The Kier molecular flexibility index (Phi) is 6.03. The molecular formula is C27H25NO6. The molecule has 0 aromatic heterocycles. The molecule has 2 N–H and O–H groups in total. The van der Waals surface area contributed by atoms with E-state index >= 15 is 0 Å². The number of Topliss-reactive ketones (excluding diaryl/α,β-unsaturated/α-hetero) is 1. The van der Waals surface area contributed by atoms with E-state index in [4.69, 9.17) is 9.47 Å². The SMILES string of the molecule is COc1ccc(OC)c(/C(O)=C2\C(=O)C(=O)N(c3cccc(C)c3C)C2c2ccc(O)cc2)c1. The minimum absolute atomic E-state index is 0.0434. The Hall–Kier alpha value is -4.26. The van der Waals surface area contributed by atoms with Crippen molar-refractivity contribution in [1.29, 1.82) is 0 Å². The molecule has 0 aliphatic carbocycles. The molecule has 1 atom stereocenters. The number of aromatic hydroxyl groups is 1. The van der Waals surface area contributed by atoms with Crippen LogP contribution in [-0.2, 0) is 9.59 Å². The standard InChI is InChI=1S/C27H25NO6/c1-15-6-5-7-21(16(15)2)28-24(17-8-10-18(29)11-9-17)23(26(31)27(28)32)25(30)20-14-19(33-3)12-13-22(20)34-4/h5-14,24,29-30H,1-4H3/b25-23+. The fourth-order valence-corrected chi connectivity index (χ4v) is 4.19. The van der Waals surface area contributed by atoms with Gasteiger partial charge in [-0.3, -0.25) is 14.5 Å². The van der Waals surface area contributed by atoms with Crippen LogP contribution in [0.3, 0.4) is 0 Å². The summed E-state index contributed by atoms with van der Waals surface area (Å²) < 4.78 is 10.7. The normalized spacial score (nSPS) is 17.2. The molecule has 34 heavy (non-hydrogen) atoms. The Labute approximate surface area is 197 Å². The number of amides is 1. The third-order valence-electron chi connectivity index (χ3n) is 6.15. The third kappa shape index (κ3) is 3.75. The summed E-state index contributed by atoms with van der Waals surface area (Å²) in [6.07, 6.45) is 0. The number of carbonyl (C=O) groups excluding carboxylic acids is 2. The number of ketones is 1. The van der Waals surface area contributed by atoms with E-state index in [1.165, 1.54) is 31.3 Å². The summed E-state index contributed by atoms with van der Waals surface area (Å²) in [7, 11) is 2.94. The first-order chi connectivity index (χ1) is 16.3. The molecule has 174 valence electrons. The zero-order valence-electron chi connectivity index (χ0n) is 19.3. The van der Waals surface area contributed by atoms with Gasteiger partial charge in [0, 0.05) is 5.69 Å². The van der Waals surface area contributed by atoms with Gasteiger partial charge in [0.1, 0.15) is 23.0 Å². The molecule has 3 aromatic carbocycles. The number of ether oxygens (including phenoxy) is 2. The van der Waals surface area contributed by atoms with Crippen LogP contribution in [0.4, 0.5) is 5.69 Å². The lowest BCUT2D eigenvalue weighted by Gasteiger charge is -2.27. The molecule has 4 rings (SSSR count). The van der Waals surface area contributed by atoms with E-state index in [1.54, 1.807) is 36.4 Å². The number of methoxy groups -OCH3 is 2. The summed E-state index contributed by atoms with van der Waals surface area (Å²) in [5.41, 5.74) is 3.07. The van der Waals surface area contributed by atoms with Crippen LogP contribution in [0.1, 0.15) is 28.3 Å². The maximum atomic E-state index is 13.4. The van der Waals surface area contributed by atoms with Gasteiger partial charge in [-0.2, -0.15) is 0 Å². The lowest BCUT2D eigenvalue weighted by atomic mass is 9.94. The van der Waals surface area contributed by atoms with Gasteiger partial charge in [0.2, 0.25) is 0 Å². The number of phenolic OH excluding ortho intramolecular Hbond substituents is 1. The van der Waals surface area contributed by atoms with Crippen LogP contribution in [0.5, 0.6) is 17.2 Å². The molecule has 1 fully saturated rings. The number of carbonyl (C=O) groups is 2. The maximum Gasteiger partial charge on any atom is 0.300 e. The highest BCUT2D eigenvalue weighted by atomic mass is 16.5. The Morgan fingerprint density at radius 3 is 2.29 bits per heavy atom.